The monoisotopic (exact) mass is 586 g/mol. The Balaban J connectivity index is -0.00000722. The van der Waals surface area contributed by atoms with Gasteiger partial charge in [-0.05, 0) is 50.7 Å². The maximum Gasteiger partial charge on any atom is 1.00 e. The fourth-order valence-electron chi connectivity index (χ4n) is 5.73. The van der Waals surface area contributed by atoms with Crippen LogP contribution in [-0.4, -0.2) is 11.2 Å². The summed E-state index contributed by atoms with van der Waals surface area (Å²) in [5.41, 5.74) is 0. The molecule has 0 bridgehead atoms. The minimum Gasteiger partial charge on any atom is -1.00 e. The van der Waals surface area contributed by atoms with E-state index in [0.29, 0.717) is 6.04 Å². The van der Waals surface area contributed by atoms with Crippen LogP contribution in [0, 0.1) is 0 Å². The number of isothiocyanates is 1. The number of aliphatic imine (C=N–C) groups is 1. The number of nitrogens with zero attached hydrogens (tertiary/aromatic N) is 1. The molecule has 0 aliphatic heterocycles. The van der Waals surface area contributed by atoms with Crippen molar-refractivity contribution >= 4 is 17.4 Å². The SMILES string of the molecule is CCCCCCCC/C=C\CCCCCCCCC(CCCCCCCCCCCCCCCCC)N=C=S.[H-].[Na+]. The Morgan fingerprint density at radius 3 is 1.05 bits per heavy atom. The van der Waals surface area contributed by atoms with Gasteiger partial charge in [0.15, 0.2) is 0 Å². The molecule has 40 heavy (non-hydrogen) atoms. The van der Waals surface area contributed by atoms with E-state index in [2.05, 4.69) is 36.2 Å². The predicted molar refractivity (Wildman–Crippen MR) is 184 cm³/mol. The molecule has 0 aromatic rings. The van der Waals surface area contributed by atoms with Crippen molar-refractivity contribution in [3.8, 4) is 0 Å². The molecule has 232 valence electrons. The second-order valence-corrected chi connectivity index (χ2v) is 12.5. The van der Waals surface area contributed by atoms with Gasteiger partial charge < -0.3 is 1.43 Å². The first-order valence-electron chi connectivity index (χ1n) is 18.1. The third-order valence-electron chi connectivity index (χ3n) is 8.43. The zero-order valence-corrected chi connectivity index (χ0v) is 30.8. The van der Waals surface area contributed by atoms with Gasteiger partial charge in [-0.3, -0.25) is 0 Å². The van der Waals surface area contributed by atoms with Gasteiger partial charge in [0.1, 0.15) is 0 Å². The van der Waals surface area contributed by atoms with E-state index in [0.717, 1.165) is 0 Å². The minimum absolute atomic E-state index is 0. The van der Waals surface area contributed by atoms with Crippen molar-refractivity contribution < 1.29 is 31.0 Å². The Hall–Kier alpha value is 0.540. The van der Waals surface area contributed by atoms with Gasteiger partial charge in [-0.25, -0.2) is 4.99 Å². The Morgan fingerprint density at radius 2 is 0.750 bits per heavy atom. The van der Waals surface area contributed by atoms with Crippen molar-refractivity contribution in [2.24, 2.45) is 4.99 Å². The number of allylic oxidation sites excluding steroid dienone is 2. The first-order valence-corrected chi connectivity index (χ1v) is 18.5. The summed E-state index contributed by atoms with van der Waals surface area (Å²) in [6.07, 6.45) is 47.9. The van der Waals surface area contributed by atoms with Gasteiger partial charge in [0.25, 0.3) is 0 Å². The Morgan fingerprint density at radius 1 is 0.475 bits per heavy atom. The molecule has 1 unspecified atom stereocenters. The van der Waals surface area contributed by atoms with E-state index in [1.165, 1.54) is 199 Å². The van der Waals surface area contributed by atoms with Gasteiger partial charge in [0.05, 0.1) is 11.2 Å². The normalized spacial score (nSPS) is 11.9. The molecule has 0 spiro atoms. The van der Waals surface area contributed by atoms with Crippen molar-refractivity contribution in [2.75, 3.05) is 0 Å². The number of hydrogen-bond donors (Lipinski definition) is 0. The summed E-state index contributed by atoms with van der Waals surface area (Å²) in [6.45, 7) is 4.59. The van der Waals surface area contributed by atoms with Gasteiger partial charge >= 0.3 is 29.6 Å². The molecule has 3 heteroatoms. The molecule has 1 atom stereocenters. The van der Waals surface area contributed by atoms with Crippen LogP contribution in [0.15, 0.2) is 17.1 Å². The van der Waals surface area contributed by atoms with Crippen LogP contribution in [0.4, 0.5) is 0 Å². The zero-order chi connectivity index (χ0) is 28.3. The number of hydrogen-bond acceptors (Lipinski definition) is 2. The van der Waals surface area contributed by atoms with Crippen LogP contribution in [0.5, 0.6) is 0 Å². The van der Waals surface area contributed by atoms with Crippen molar-refractivity contribution in [2.45, 2.75) is 219 Å². The molecule has 0 aromatic heterocycles. The molecule has 0 aliphatic rings. The average Bonchev–Trinajstić information content (AvgIpc) is 2.94. The molecule has 0 saturated carbocycles. The summed E-state index contributed by atoms with van der Waals surface area (Å²) in [7, 11) is 0. The molecule has 0 heterocycles. The molecule has 0 aliphatic carbocycles. The molecule has 1 nitrogen and oxygen atoms in total. The summed E-state index contributed by atoms with van der Waals surface area (Å²) in [5, 5.41) is 2.68. The fraction of sp³-hybridized carbons (Fsp3) is 0.919. The maximum absolute atomic E-state index is 4.93. The first-order chi connectivity index (χ1) is 19.3. The van der Waals surface area contributed by atoms with E-state index in [4.69, 9.17) is 12.2 Å². The van der Waals surface area contributed by atoms with E-state index in [1.807, 2.05) is 0 Å². The van der Waals surface area contributed by atoms with Crippen molar-refractivity contribution in [3.05, 3.63) is 12.2 Å². The van der Waals surface area contributed by atoms with Gasteiger partial charge in [0, 0.05) is 0 Å². The van der Waals surface area contributed by atoms with E-state index in [1.54, 1.807) is 0 Å². The van der Waals surface area contributed by atoms with Crippen molar-refractivity contribution in [3.63, 3.8) is 0 Å². The van der Waals surface area contributed by atoms with Gasteiger partial charge in [-0.1, -0.05) is 187 Å². The molecule has 0 amide bonds. The quantitative estimate of drug-likeness (QED) is 0.0245. The molecule has 0 N–H and O–H groups in total. The van der Waals surface area contributed by atoms with E-state index >= 15 is 0 Å². The van der Waals surface area contributed by atoms with Gasteiger partial charge in [0.2, 0.25) is 0 Å². The zero-order valence-electron chi connectivity index (χ0n) is 29.0. The summed E-state index contributed by atoms with van der Waals surface area (Å²) in [6, 6.07) is 0.432. The summed E-state index contributed by atoms with van der Waals surface area (Å²) < 4.78 is 0. The second kappa shape index (κ2) is 39.5. The third kappa shape index (κ3) is 36.6. The molecular formula is C37H72NNaS. The van der Waals surface area contributed by atoms with Gasteiger partial charge in [-0.2, -0.15) is 0 Å². The van der Waals surface area contributed by atoms with Crippen LogP contribution >= 0.6 is 12.2 Å². The third-order valence-corrected chi connectivity index (χ3v) is 8.53. The van der Waals surface area contributed by atoms with Crippen molar-refractivity contribution in [1.82, 2.24) is 0 Å². The Kier molecular flexibility index (Phi) is 42.2. The smallest absolute Gasteiger partial charge is 1.00 e. The first kappa shape index (κ1) is 42.7. The topological polar surface area (TPSA) is 12.4 Å². The molecular weight excluding hydrogens is 513 g/mol. The Bertz CT molecular complexity index is 535. The largest absolute Gasteiger partial charge is 1.00 e. The second-order valence-electron chi connectivity index (χ2n) is 12.3. The standard InChI is InChI=1S/C37H71NS.Na.H/c1-3-5-7-9-11-13-15-17-19-21-23-25-27-29-31-33-35-37(38-36-39)34-32-30-28-26-24-22-20-18-16-14-12-10-8-6-4-2;;/h17,19,37H,3-16,18,20-35H2,1-2H3;;/q;+1;-1/b19-17-;;. The van der Waals surface area contributed by atoms with Crippen LogP contribution < -0.4 is 29.6 Å². The number of unbranched alkanes of at least 4 members (excludes halogenated alkanes) is 26. The summed E-state index contributed by atoms with van der Waals surface area (Å²) in [4.78, 5) is 4.49. The summed E-state index contributed by atoms with van der Waals surface area (Å²) >= 11 is 4.93. The molecule has 0 fully saturated rings. The van der Waals surface area contributed by atoms with Crippen molar-refractivity contribution in [1.29, 1.82) is 0 Å². The average molecular weight is 586 g/mol. The molecule has 0 rings (SSSR count). The van der Waals surface area contributed by atoms with E-state index in [-0.39, 0.29) is 31.0 Å². The number of thiocarbonyl (C=S) groups is 1. The Labute approximate surface area is 282 Å². The molecule has 0 aromatic carbocycles. The summed E-state index contributed by atoms with van der Waals surface area (Å²) in [5.74, 6) is 0. The van der Waals surface area contributed by atoms with E-state index in [9.17, 15) is 0 Å². The molecule has 0 radical (unpaired) electrons. The molecule has 0 saturated heterocycles. The van der Waals surface area contributed by atoms with Crippen LogP contribution in [0.25, 0.3) is 0 Å². The van der Waals surface area contributed by atoms with Gasteiger partial charge in [-0.15, -0.1) is 0 Å². The fourth-order valence-corrected chi connectivity index (χ4v) is 5.88. The predicted octanol–water partition coefficient (Wildman–Crippen LogP) is 11.3. The van der Waals surface area contributed by atoms with Crippen LogP contribution in [0.1, 0.15) is 214 Å². The van der Waals surface area contributed by atoms with E-state index < -0.39 is 0 Å². The minimum atomic E-state index is 0. The van der Waals surface area contributed by atoms with Crippen LogP contribution in [0.2, 0.25) is 0 Å². The van der Waals surface area contributed by atoms with Crippen LogP contribution in [0.3, 0.4) is 0 Å². The maximum atomic E-state index is 4.93. The van der Waals surface area contributed by atoms with Crippen LogP contribution in [-0.2, 0) is 0 Å². The number of rotatable bonds is 33.